The number of nitrogens with two attached hydrogens (primary N) is 1. The Morgan fingerprint density at radius 3 is 2.67 bits per heavy atom. The zero-order chi connectivity index (χ0) is 9.14. The second-order valence-corrected chi connectivity index (χ2v) is 2.69. The van der Waals surface area contributed by atoms with Gasteiger partial charge in [0.25, 0.3) is 0 Å². The summed E-state index contributed by atoms with van der Waals surface area (Å²) in [7, 11) is 2.93. The minimum absolute atomic E-state index is 0.112. The van der Waals surface area contributed by atoms with Crippen LogP contribution in [0.1, 0.15) is 12.8 Å². The first-order valence-corrected chi connectivity index (χ1v) is 3.80. The molecule has 0 bridgehead atoms. The summed E-state index contributed by atoms with van der Waals surface area (Å²) in [6.07, 6.45) is 1.31. The molecule has 1 aliphatic rings. The molecule has 0 spiro atoms. The number of hydrogen-bond donors (Lipinski definition) is 1. The lowest BCUT2D eigenvalue weighted by Gasteiger charge is -2.07. The van der Waals surface area contributed by atoms with Crippen LogP contribution in [-0.2, 0) is 14.3 Å². The van der Waals surface area contributed by atoms with Gasteiger partial charge in [-0.2, -0.15) is 0 Å². The highest BCUT2D eigenvalue weighted by Crippen LogP contribution is 2.25. The van der Waals surface area contributed by atoms with Crippen molar-refractivity contribution >= 4 is 5.97 Å². The SMILES string of the molecule is COC(=O)C1=C(N)C(OC)CC1. The summed E-state index contributed by atoms with van der Waals surface area (Å²) in [5, 5.41) is 0. The topological polar surface area (TPSA) is 61.5 Å². The average Bonchev–Trinajstić information content (AvgIpc) is 2.45. The van der Waals surface area contributed by atoms with Gasteiger partial charge in [0.1, 0.15) is 0 Å². The van der Waals surface area contributed by atoms with Crippen molar-refractivity contribution in [2.24, 2.45) is 5.73 Å². The monoisotopic (exact) mass is 171 g/mol. The van der Waals surface area contributed by atoms with Crippen molar-refractivity contribution < 1.29 is 14.3 Å². The third kappa shape index (κ3) is 1.43. The summed E-state index contributed by atoms with van der Waals surface area (Å²) >= 11 is 0. The van der Waals surface area contributed by atoms with Crippen LogP contribution in [0.25, 0.3) is 0 Å². The van der Waals surface area contributed by atoms with E-state index in [-0.39, 0.29) is 12.1 Å². The number of ether oxygens (including phenoxy) is 2. The van der Waals surface area contributed by atoms with Gasteiger partial charge in [0.2, 0.25) is 0 Å². The zero-order valence-corrected chi connectivity index (χ0v) is 7.29. The first-order valence-electron chi connectivity index (χ1n) is 3.80. The Kier molecular flexibility index (Phi) is 2.70. The standard InChI is InChI=1S/C8H13NO3/c1-11-6-4-3-5(7(6)9)8(10)12-2/h6H,3-4,9H2,1-2H3. The molecule has 0 amide bonds. The number of esters is 1. The maximum absolute atomic E-state index is 11.1. The summed E-state index contributed by atoms with van der Waals surface area (Å²) < 4.78 is 9.62. The highest BCUT2D eigenvalue weighted by Gasteiger charge is 2.27. The highest BCUT2D eigenvalue weighted by atomic mass is 16.5. The van der Waals surface area contributed by atoms with Crippen molar-refractivity contribution in [2.75, 3.05) is 14.2 Å². The fraction of sp³-hybridized carbons (Fsp3) is 0.625. The van der Waals surface area contributed by atoms with Crippen LogP contribution >= 0.6 is 0 Å². The zero-order valence-electron chi connectivity index (χ0n) is 7.29. The van der Waals surface area contributed by atoms with E-state index in [0.29, 0.717) is 17.7 Å². The van der Waals surface area contributed by atoms with Gasteiger partial charge in [0.05, 0.1) is 18.8 Å². The van der Waals surface area contributed by atoms with E-state index in [1.807, 2.05) is 0 Å². The predicted molar refractivity (Wildman–Crippen MR) is 43.3 cm³/mol. The Labute approximate surface area is 71.3 Å². The smallest absolute Gasteiger partial charge is 0.335 e. The van der Waals surface area contributed by atoms with Crippen LogP contribution in [0.4, 0.5) is 0 Å². The molecule has 0 saturated heterocycles. The van der Waals surface area contributed by atoms with Crippen molar-refractivity contribution in [3.8, 4) is 0 Å². The molecule has 1 aliphatic carbocycles. The molecular formula is C8H13NO3. The van der Waals surface area contributed by atoms with Gasteiger partial charge < -0.3 is 15.2 Å². The van der Waals surface area contributed by atoms with E-state index in [1.54, 1.807) is 7.11 Å². The Balaban J connectivity index is 2.77. The Morgan fingerprint density at radius 1 is 1.58 bits per heavy atom. The van der Waals surface area contributed by atoms with Gasteiger partial charge in [-0.05, 0) is 12.8 Å². The molecule has 1 unspecified atom stereocenters. The Morgan fingerprint density at radius 2 is 2.25 bits per heavy atom. The molecule has 0 fully saturated rings. The average molecular weight is 171 g/mol. The van der Waals surface area contributed by atoms with Crippen molar-refractivity contribution in [1.29, 1.82) is 0 Å². The fourth-order valence-corrected chi connectivity index (χ4v) is 1.36. The van der Waals surface area contributed by atoms with E-state index < -0.39 is 0 Å². The van der Waals surface area contributed by atoms with Crippen LogP contribution in [-0.4, -0.2) is 26.3 Å². The first-order chi connectivity index (χ1) is 5.70. The quantitative estimate of drug-likeness (QED) is 0.602. The van der Waals surface area contributed by atoms with Crippen LogP contribution in [0.15, 0.2) is 11.3 Å². The van der Waals surface area contributed by atoms with Crippen LogP contribution in [0.3, 0.4) is 0 Å². The number of carbonyl (C=O) groups excluding carboxylic acids is 1. The number of carbonyl (C=O) groups is 1. The number of rotatable bonds is 2. The third-order valence-corrected chi connectivity index (χ3v) is 2.07. The van der Waals surface area contributed by atoms with Crippen molar-refractivity contribution in [2.45, 2.75) is 18.9 Å². The van der Waals surface area contributed by atoms with Gasteiger partial charge in [-0.1, -0.05) is 0 Å². The molecule has 12 heavy (non-hydrogen) atoms. The van der Waals surface area contributed by atoms with E-state index >= 15 is 0 Å². The van der Waals surface area contributed by atoms with E-state index in [9.17, 15) is 4.79 Å². The van der Waals surface area contributed by atoms with Gasteiger partial charge in [-0.25, -0.2) is 4.79 Å². The summed E-state index contributed by atoms with van der Waals surface area (Å²) in [4.78, 5) is 11.1. The van der Waals surface area contributed by atoms with Crippen molar-refractivity contribution in [3.05, 3.63) is 11.3 Å². The second kappa shape index (κ2) is 3.58. The molecule has 68 valence electrons. The lowest BCUT2D eigenvalue weighted by atomic mass is 10.2. The lowest BCUT2D eigenvalue weighted by Crippen LogP contribution is -2.17. The molecule has 1 rings (SSSR count). The number of hydrogen-bond acceptors (Lipinski definition) is 4. The molecule has 0 aromatic carbocycles. The maximum Gasteiger partial charge on any atom is 0.335 e. The Hall–Kier alpha value is -1.03. The molecule has 0 radical (unpaired) electrons. The van der Waals surface area contributed by atoms with Crippen molar-refractivity contribution in [1.82, 2.24) is 0 Å². The van der Waals surface area contributed by atoms with Gasteiger partial charge >= 0.3 is 5.97 Å². The van der Waals surface area contributed by atoms with E-state index in [4.69, 9.17) is 10.5 Å². The predicted octanol–water partition coefficient (Wildman–Crippen LogP) is 0.181. The minimum atomic E-state index is -0.341. The maximum atomic E-state index is 11.1. The first kappa shape index (κ1) is 9.06. The molecule has 4 nitrogen and oxygen atoms in total. The van der Waals surface area contributed by atoms with Gasteiger partial charge in [0.15, 0.2) is 0 Å². The molecule has 0 aromatic rings. The highest BCUT2D eigenvalue weighted by molar-refractivity contribution is 5.89. The lowest BCUT2D eigenvalue weighted by molar-refractivity contribution is -0.136. The molecule has 0 heterocycles. The third-order valence-electron chi connectivity index (χ3n) is 2.07. The van der Waals surface area contributed by atoms with Gasteiger partial charge in [-0.3, -0.25) is 0 Å². The largest absolute Gasteiger partial charge is 0.466 e. The summed E-state index contributed by atoms with van der Waals surface area (Å²) in [5.74, 6) is -0.341. The second-order valence-electron chi connectivity index (χ2n) is 2.69. The van der Waals surface area contributed by atoms with Crippen LogP contribution in [0.2, 0.25) is 0 Å². The molecular weight excluding hydrogens is 158 g/mol. The molecule has 0 aliphatic heterocycles. The molecule has 2 N–H and O–H groups in total. The molecule has 4 heteroatoms. The fourth-order valence-electron chi connectivity index (χ4n) is 1.36. The summed E-state index contributed by atoms with van der Waals surface area (Å²) in [5.41, 5.74) is 6.74. The van der Waals surface area contributed by atoms with Gasteiger partial charge in [-0.15, -0.1) is 0 Å². The number of methoxy groups -OCH3 is 2. The van der Waals surface area contributed by atoms with E-state index in [1.165, 1.54) is 7.11 Å². The summed E-state index contributed by atoms with van der Waals surface area (Å²) in [6.45, 7) is 0. The van der Waals surface area contributed by atoms with Crippen LogP contribution in [0.5, 0.6) is 0 Å². The molecule has 0 saturated carbocycles. The normalized spacial score (nSPS) is 23.0. The summed E-state index contributed by atoms with van der Waals surface area (Å²) in [6, 6.07) is 0. The molecule has 0 aromatic heterocycles. The van der Waals surface area contributed by atoms with Crippen LogP contribution < -0.4 is 5.73 Å². The van der Waals surface area contributed by atoms with Gasteiger partial charge in [0, 0.05) is 12.8 Å². The van der Waals surface area contributed by atoms with E-state index in [2.05, 4.69) is 4.74 Å². The van der Waals surface area contributed by atoms with E-state index in [0.717, 1.165) is 6.42 Å². The minimum Gasteiger partial charge on any atom is -0.466 e. The van der Waals surface area contributed by atoms with Crippen molar-refractivity contribution in [3.63, 3.8) is 0 Å². The Bertz CT molecular complexity index is 222. The van der Waals surface area contributed by atoms with Crippen LogP contribution in [0, 0.1) is 0 Å². The molecule has 1 atom stereocenters.